The van der Waals surface area contributed by atoms with Crippen molar-refractivity contribution in [2.45, 2.75) is 52.4 Å². The van der Waals surface area contributed by atoms with Gasteiger partial charge in [0.15, 0.2) is 0 Å². The summed E-state index contributed by atoms with van der Waals surface area (Å²) in [5.41, 5.74) is 1.37. The molecule has 19 heavy (non-hydrogen) atoms. The summed E-state index contributed by atoms with van der Waals surface area (Å²) < 4.78 is 0. The maximum absolute atomic E-state index is 3.78. The van der Waals surface area contributed by atoms with E-state index in [1.807, 2.05) is 0 Å². The van der Waals surface area contributed by atoms with E-state index in [-0.39, 0.29) is 0 Å². The van der Waals surface area contributed by atoms with Gasteiger partial charge in [0.05, 0.1) is 0 Å². The molecule has 0 aromatic heterocycles. The van der Waals surface area contributed by atoms with E-state index >= 15 is 0 Å². The van der Waals surface area contributed by atoms with E-state index in [1.54, 1.807) is 6.42 Å². The minimum atomic E-state index is 0.670. The minimum Gasteiger partial charge on any atom is -0.315 e. The molecule has 0 heterocycles. The Kier molecular flexibility index (Phi) is 3.68. The highest BCUT2D eigenvalue weighted by molar-refractivity contribution is 5.06. The van der Waals surface area contributed by atoms with Crippen molar-refractivity contribution in [3.63, 3.8) is 0 Å². The normalized spacial score (nSPS) is 44.2. The van der Waals surface area contributed by atoms with E-state index in [9.17, 15) is 0 Å². The average Bonchev–Trinajstić information content (AvgIpc) is 2.31. The second kappa shape index (κ2) is 5.04. The first-order valence-corrected chi connectivity index (χ1v) is 8.42. The van der Waals surface area contributed by atoms with Crippen molar-refractivity contribution in [1.29, 1.82) is 0 Å². The largest absolute Gasteiger partial charge is 0.315 e. The van der Waals surface area contributed by atoms with Gasteiger partial charge in [0, 0.05) is 19.6 Å². The molecule has 0 spiro atoms. The molecule has 2 nitrogen and oxygen atoms in total. The lowest BCUT2D eigenvalue weighted by Crippen LogP contribution is -2.54. The number of hydrogen-bond acceptors (Lipinski definition) is 2. The molecule has 0 aliphatic heterocycles. The Hall–Kier alpha value is -0.0800. The Morgan fingerprint density at radius 2 is 1.84 bits per heavy atom. The molecule has 4 aliphatic rings. The number of nitrogens with one attached hydrogen (secondary N) is 1. The summed E-state index contributed by atoms with van der Waals surface area (Å²) in [6.45, 7) is 9.61. The molecule has 4 aliphatic carbocycles. The number of hydrogen-bond donors (Lipinski definition) is 1. The zero-order chi connectivity index (χ0) is 13.5. The lowest BCUT2D eigenvalue weighted by atomic mass is 9.44. The Labute approximate surface area is 119 Å². The zero-order valence-corrected chi connectivity index (χ0v) is 13.2. The van der Waals surface area contributed by atoms with Gasteiger partial charge in [-0.15, -0.1) is 0 Å². The van der Waals surface area contributed by atoms with Crippen LogP contribution in [0.4, 0.5) is 0 Å². The van der Waals surface area contributed by atoms with Crippen molar-refractivity contribution in [2.75, 3.05) is 33.2 Å². The predicted molar refractivity (Wildman–Crippen MR) is 81.3 cm³/mol. The van der Waals surface area contributed by atoms with E-state index in [0.717, 1.165) is 24.9 Å². The van der Waals surface area contributed by atoms with E-state index in [1.165, 1.54) is 45.2 Å². The smallest absolute Gasteiger partial charge is 0.0104 e. The van der Waals surface area contributed by atoms with Gasteiger partial charge in [-0.05, 0) is 74.8 Å². The third kappa shape index (κ3) is 2.85. The third-order valence-corrected chi connectivity index (χ3v) is 6.18. The molecule has 2 heteroatoms. The first kappa shape index (κ1) is 13.9. The van der Waals surface area contributed by atoms with Gasteiger partial charge in [-0.1, -0.05) is 13.8 Å². The fourth-order valence-electron chi connectivity index (χ4n) is 5.92. The topological polar surface area (TPSA) is 15.3 Å². The van der Waals surface area contributed by atoms with Crippen LogP contribution in [0.5, 0.6) is 0 Å². The molecule has 4 rings (SSSR count). The number of nitrogens with zero attached hydrogens (tertiary/aromatic N) is 1. The first-order valence-electron chi connectivity index (χ1n) is 8.42. The standard InChI is InChI=1S/C17H32N2/c1-4-19(3)6-5-18-13-17-10-14-7-15(11-17)9-16(2,8-14)12-17/h14-15,18H,4-13H2,1-3H3. The Morgan fingerprint density at radius 3 is 2.42 bits per heavy atom. The summed E-state index contributed by atoms with van der Waals surface area (Å²) in [5.74, 6) is 2.12. The summed E-state index contributed by atoms with van der Waals surface area (Å²) in [4.78, 5) is 2.40. The summed E-state index contributed by atoms with van der Waals surface area (Å²) in [5, 5.41) is 3.78. The van der Waals surface area contributed by atoms with Crippen LogP contribution >= 0.6 is 0 Å². The van der Waals surface area contributed by atoms with Crippen LogP contribution in [0, 0.1) is 22.7 Å². The molecular weight excluding hydrogens is 232 g/mol. The molecule has 0 saturated heterocycles. The monoisotopic (exact) mass is 264 g/mol. The highest BCUT2D eigenvalue weighted by atomic mass is 15.1. The summed E-state index contributed by atoms with van der Waals surface area (Å²) in [6, 6.07) is 0. The maximum Gasteiger partial charge on any atom is 0.0104 e. The van der Waals surface area contributed by atoms with Crippen LogP contribution < -0.4 is 5.32 Å². The highest BCUT2D eigenvalue weighted by Crippen LogP contribution is 2.64. The average molecular weight is 264 g/mol. The lowest BCUT2D eigenvalue weighted by molar-refractivity contribution is -0.0998. The second-order valence-corrected chi connectivity index (χ2v) is 8.34. The Balaban J connectivity index is 1.53. The van der Waals surface area contributed by atoms with Crippen LogP contribution in [0.1, 0.15) is 52.4 Å². The SMILES string of the molecule is CCN(C)CCNCC12CC3CC(CC(C)(C3)C1)C2. The summed E-state index contributed by atoms with van der Waals surface area (Å²) in [6.07, 6.45) is 9.17. The van der Waals surface area contributed by atoms with Crippen LogP contribution in [0.15, 0.2) is 0 Å². The van der Waals surface area contributed by atoms with Crippen LogP contribution in [0.2, 0.25) is 0 Å². The van der Waals surface area contributed by atoms with Gasteiger partial charge < -0.3 is 10.2 Å². The molecule has 4 saturated carbocycles. The highest BCUT2D eigenvalue weighted by Gasteiger charge is 2.55. The van der Waals surface area contributed by atoms with Gasteiger partial charge in [-0.25, -0.2) is 0 Å². The van der Waals surface area contributed by atoms with E-state index in [4.69, 9.17) is 0 Å². The lowest BCUT2D eigenvalue weighted by Gasteiger charge is -2.61. The van der Waals surface area contributed by atoms with Crippen molar-refractivity contribution in [1.82, 2.24) is 10.2 Å². The van der Waals surface area contributed by atoms with Gasteiger partial charge in [-0.2, -0.15) is 0 Å². The molecule has 0 amide bonds. The molecule has 0 aromatic carbocycles. The molecular formula is C17H32N2. The maximum atomic E-state index is 3.78. The molecule has 2 unspecified atom stereocenters. The number of likely N-dealkylation sites (N-methyl/N-ethyl adjacent to an activating group) is 1. The van der Waals surface area contributed by atoms with Crippen molar-refractivity contribution < 1.29 is 0 Å². The number of rotatable bonds is 6. The fourth-order valence-corrected chi connectivity index (χ4v) is 5.92. The quantitative estimate of drug-likeness (QED) is 0.742. The Bertz CT molecular complexity index is 311. The van der Waals surface area contributed by atoms with Crippen LogP contribution in [-0.4, -0.2) is 38.1 Å². The van der Waals surface area contributed by atoms with Crippen LogP contribution in [0.25, 0.3) is 0 Å². The van der Waals surface area contributed by atoms with Crippen molar-refractivity contribution in [2.24, 2.45) is 22.7 Å². The summed E-state index contributed by atoms with van der Waals surface area (Å²) in [7, 11) is 2.22. The third-order valence-electron chi connectivity index (χ3n) is 6.18. The van der Waals surface area contributed by atoms with Crippen LogP contribution in [-0.2, 0) is 0 Å². The van der Waals surface area contributed by atoms with Gasteiger partial charge in [0.25, 0.3) is 0 Å². The first-order chi connectivity index (χ1) is 9.03. The van der Waals surface area contributed by atoms with E-state index in [2.05, 4.69) is 31.1 Å². The molecule has 0 radical (unpaired) electrons. The molecule has 4 fully saturated rings. The zero-order valence-electron chi connectivity index (χ0n) is 13.2. The predicted octanol–water partition coefficient (Wildman–Crippen LogP) is 3.13. The summed E-state index contributed by atoms with van der Waals surface area (Å²) >= 11 is 0. The van der Waals surface area contributed by atoms with Gasteiger partial charge in [0.2, 0.25) is 0 Å². The van der Waals surface area contributed by atoms with E-state index in [0.29, 0.717) is 10.8 Å². The molecule has 0 aromatic rings. The molecule has 110 valence electrons. The molecule has 2 atom stereocenters. The molecule has 1 N–H and O–H groups in total. The van der Waals surface area contributed by atoms with Gasteiger partial charge >= 0.3 is 0 Å². The van der Waals surface area contributed by atoms with E-state index < -0.39 is 0 Å². The minimum absolute atomic E-state index is 0.670. The van der Waals surface area contributed by atoms with Crippen molar-refractivity contribution in [3.8, 4) is 0 Å². The molecule has 4 bridgehead atoms. The second-order valence-electron chi connectivity index (χ2n) is 8.34. The van der Waals surface area contributed by atoms with Crippen molar-refractivity contribution in [3.05, 3.63) is 0 Å². The Morgan fingerprint density at radius 1 is 1.16 bits per heavy atom. The van der Waals surface area contributed by atoms with Gasteiger partial charge in [-0.3, -0.25) is 0 Å². The van der Waals surface area contributed by atoms with Crippen LogP contribution in [0.3, 0.4) is 0 Å². The van der Waals surface area contributed by atoms with Crippen molar-refractivity contribution >= 4 is 0 Å². The van der Waals surface area contributed by atoms with Gasteiger partial charge in [0.1, 0.15) is 0 Å². The fraction of sp³-hybridized carbons (Fsp3) is 1.00.